The molecule has 50 heavy (non-hydrogen) atoms. The number of benzene rings is 3. The Hall–Kier alpha value is -3.83. The minimum Gasteiger partial charge on any atom is -0.494 e. The van der Waals surface area contributed by atoms with Gasteiger partial charge in [-0.25, -0.2) is 9.48 Å². The summed E-state index contributed by atoms with van der Waals surface area (Å²) in [4.78, 5) is 32.2. The van der Waals surface area contributed by atoms with Crippen LogP contribution in [0.4, 0.5) is 22.0 Å². The normalized spacial score (nSPS) is 11.6. The molecule has 0 amide bonds. The molecule has 1 atom stereocenters. The third-order valence-corrected chi connectivity index (χ3v) is 8.73. The maximum atomic E-state index is 13.7. The van der Waals surface area contributed by atoms with Crippen LogP contribution in [0.25, 0.3) is 5.69 Å². The Balaban J connectivity index is 1.40. The molecule has 0 fully saturated rings. The summed E-state index contributed by atoms with van der Waals surface area (Å²) in [7, 11) is 1.42. The van der Waals surface area contributed by atoms with Gasteiger partial charge in [0, 0.05) is 16.8 Å². The molecule has 0 bridgehead atoms. The van der Waals surface area contributed by atoms with Gasteiger partial charge in [-0.1, -0.05) is 124 Å². The van der Waals surface area contributed by atoms with E-state index in [-0.39, 0.29) is 40.0 Å². The molecule has 1 heterocycles. The quantitative estimate of drug-likeness (QED) is 0.0334. The molecular weight excluding hydrogens is 703 g/mol. The van der Waals surface area contributed by atoms with Gasteiger partial charge in [-0.15, -0.1) is 11.6 Å². The summed E-state index contributed by atoms with van der Waals surface area (Å²) < 4.78 is 17.3. The molecule has 0 spiro atoms. The van der Waals surface area contributed by atoms with Gasteiger partial charge >= 0.3 is 11.7 Å². The summed E-state index contributed by atoms with van der Waals surface area (Å²) in [5, 5.41) is 6.36. The van der Waals surface area contributed by atoms with Gasteiger partial charge in [0.05, 0.1) is 29.8 Å². The summed E-state index contributed by atoms with van der Waals surface area (Å²) >= 11 is 19.2. The van der Waals surface area contributed by atoms with E-state index in [1.807, 2.05) is 24.3 Å². The number of ether oxygens (including phenoxy) is 3. The van der Waals surface area contributed by atoms with Gasteiger partial charge in [-0.3, -0.25) is 20.2 Å². The molecule has 0 radical (unpaired) electrons. The molecule has 0 aliphatic rings. The average Bonchev–Trinajstić information content (AvgIpc) is 3.39. The third-order valence-electron chi connectivity index (χ3n) is 7.88. The number of aromatic amines is 1. The summed E-state index contributed by atoms with van der Waals surface area (Å²) in [5.74, 6) is -0.0823. The van der Waals surface area contributed by atoms with Crippen molar-refractivity contribution in [1.29, 1.82) is 0 Å². The Morgan fingerprint density at radius 3 is 2.32 bits per heavy atom. The zero-order valence-corrected chi connectivity index (χ0v) is 30.7. The number of alkyl halides is 1. The molecule has 0 aliphatic heterocycles. The zero-order valence-electron chi connectivity index (χ0n) is 28.4. The van der Waals surface area contributed by atoms with E-state index < -0.39 is 11.7 Å². The first-order valence-corrected chi connectivity index (χ1v) is 18.1. The van der Waals surface area contributed by atoms with Gasteiger partial charge in [-0.05, 0) is 36.2 Å². The lowest BCUT2D eigenvalue weighted by atomic mass is 10.1. The van der Waals surface area contributed by atoms with Crippen molar-refractivity contribution in [3.05, 3.63) is 92.7 Å². The van der Waals surface area contributed by atoms with E-state index in [4.69, 9.17) is 53.9 Å². The van der Waals surface area contributed by atoms with Crippen LogP contribution >= 0.6 is 34.8 Å². The van der Waals surface area contributed by atoms with Gasteiger partial charge in [0.2, 0.25) is 5.75 Å². The second-order valence-electron chi connectivity index (χ2n) is 11.9. The fourth-order valence-corrected chi connectivity index (χ4v) is 6.06. The Labute approximate surface area is 308 Å². The number of unbranched alkanes of at least 4 members (excludes halogenated alkanes) is 8. The summed E-state index contributed by atoms with van der Waals surface area (Å²) in [6, 6.07) is 19.2. The number of halogens is 3. The molecule has 0 aliphatic carbocycles. The predicted octanol–water partition coefficient (Wildman–Crippen LogP) is 10.8. The molecule has 0 saturated heterocycles. The minimum absolute atomic E-state index is 0.0477. The second kappa shape index (κ2) is 20.7. The first-order chi connectivity index (χ1) is 24.3. The van der Waals surface area contributed by atoms with Crippen molar-refractivity contribution in [3.8, 4) is 17.2 Å². The minimum atomic E-state index is -1.07. The SMILES string of the molecule is CCCCCCCCCCCC(Cl)CONc1cccc(Nc2[nH]n(-c3c(Cl)cc(Cl)cc3OC)c(=O)c2OC(=O)OCc2ccccc2)c1. The highest BCUT2D eigenvalue weighted by molar-refractivity contribution is 6.36. The van der Waals surface area contributed by atoms with Gasteiger partial charge in [0.15, 0.2) is 5.82 Å². The lowest BCUT2D eigenvalue weighted by molar-refractivity contribution is 0.0926. The lowest BCUT2D eigenvalue weighted by Crippen LogP contribution is -2.20. The molecule has 4 rings (SSSR count). The number of hydrogen-bond acceptors (Lipinski definition) is 8. The monoisotopic (exact) mass is 746 g/mol. The van der Waals surface area contributed by atoms with E-state index in [9.17, 15) is 9.59 Å². The number of rotatable bonds is 21. The predicted molar refractivity (Wildman–Crippen MR) is 201 cm³/mol. The summed E-state index contributed by atoms with van der Waals surface area (Å²) in [6.45, 7) is 2.52. The number of aromatic nitrogens is 2. The number of methoxy groups -OCH3 is 1. The smallest absolute Gasteiger partial charge is 0.494 e. The first-order valence-electron chi connectivity index (χ1n) is 16.9. The van der Waals surface area contributed by atoms with Crippen molar-refractivity contribution in [2.45, 2.75) is 83.1 Å². The van der Waals surface area contributed by atoms with E-state index in [2.05, 4.69) is 22.8 Å². The van der Waals surface area contributed by atoms with Gasteiger partial charge in [-0.2, -0.15) is 0 Å². The van der Waals surface area contributed by atoms with Crippen molar-refractivity contribution >= 4 is 58.2 Å². The molecule has 3 N–H and O–H groups in total. The molecule has 10 nitrogen and oxygen atoms in total. The molecule has 0 saturated carbocycles. The van der Waals surface area contributed by atoms with Crippen molar-refractivity contribution in [2.24, 2.45) is 0 Å². The number of anilines is 3. The summed E-state index contributed by atoms with van der Waals surface area (Å²) in [5.41, 5.74) is 4.30. The van der Waals surface area contributed by atoms with Crippen LogP contribution in [0.1, 0.15) is 76.7 Å². The van der Waals surface area contributed by atoms with Crippen LogP contribution in [0, 0.1) is 0 Å². The third kappa shape index (κ3) is 12.2. The Kier molecular flexibility index (Phi) is 16.2. The molecule has 1 unspecified atom stereocenters. The highest BCUT2D eigenvalue weighted by Gasteiger charge is 2.25. The number of nitrogens with zero attached hydrogens (tertiary/aromatic N) is 1. The fourth-order valence-electron chi connectivity index (χ4n) is 5.28. The molecule has 3 aromatic carbocycles. The van der Waals surface area contributed by atoms with Crippen LogP contribution in [-0.4, -0.2) is 35.0 Å². The number of carbonyl (C=O) groups is 1. The van der Waals surface area contributed by atoms with Crippen LogP contribution in [0.3, 0.4) is 0 Å². The standard InChI is InChI=1S/C37H45Cl3N4O6/c1-3-4-5-6-7-8-9-10-14-18-27(38)25-49-43-30-20-15-19-29(23-30)41-35-34(50-37(46)48-24-26-16-12-11-13-17-26)36(45)44(42-35)33-31(40)21-28(39)22-32(33)47-2/h11-13,15-17,19-23,27,41-43H,3-10,14,18,24-25H2,1-2H3. The van der Waals surface area contributed by atoms with Crippen LogP contribution in [-0.2, 0) is 16.2 Å². The van der Waals surface area contributed by atoms with Crippen molar-refractivity contribution in [3.63, 3.8) is 0 Å². The number of carbonyl (C=O) groups excluding carboxylic acids is 1. The van der Waals surface area contributed by atoms with Crippen molar-refractivity contribution in [1.82, 2.24) is 9.78 Å². The second-order valence-corrected chi connectivity index (χ2v) is 13.3. The highest BCUT2D eigenvalue weighted by Crippen LogP contribution is 2.35. The van der Waals surface area contributed by atoms with Crippen LogP contribution in [0.2, 0.25) is 10.0 Å². The van der Waals surface area contributed by atoms with Crippen molar-refractivity contribution < 1.29 is 23.8 Å². The van der Waals surface area contributed by atoms with Crippen LogP contribution < -0.4 is 25.8 Å². The first kappa shape index (κ1) is 39.0. The van der Waals surface area contributed by atoms with Gasteiger partial charge < -0.3 is 19.5 Å². The Bertz CT molecular complexity index is 1700. The maximum Gasteiger partial charge on any atom is 0.514 e. The number of nitrogens with one attached hydrogen (secondary N) is 3. The Morgan fingerprint density at radius 1 is 0.900 bits per heavy atom. The fraction of sp³-hybridized carbons (Fsp3) is 0.405. The summed E-state index contributed by atoms with van der Waals surface area (Å²) in [6.07, 6.45) is 11.2. The van der Waals surface area contributed by atoms with E-state index >= 15 is 0 Å². The highest BCUT2D eigenvalue weighted by atomic mass is 35.5. The molecule has 270 valence electrons. The van der Waals surface area contributed by atoms with Gasteiger partial charge in [0.1, 0.15) is 18.0 Å². The number of H-pyrrole nitrogens is 1. The number of hydrogen-bond donors (Lipinski definition) is 3. The van der Waals surface area contributed by atoms with Crippen LogP contribution in [0.15, 0.2) is 71.5 Å². The average molecular weight is 748 g/mol. The maximum absolute atomic E-state index is 13.7. The van der Waals surface area contributed by atoms with Crippen LogP contribution in [0.5, 0.6) is 11.5 Å². The lowest BCUT2D eigenvalue weighted by Gasteiger charge is -2.13. The molecular formula is C37H45Cl3N4O6. The van der Waals surface area contributed by atoms with E-state index in [0.717, 1.165) is 23.1 Å². The largest absolute Gasteiger partial charge is 0.514 e. The van der Waals surface area contributed by atoms with E-state index in [1.165, 1.54) is 70.6 Å². The topological polar surface area (TPSA) is 116 Å². The Morgan fingerprint density at radius 2 is 1.60 bits per heavy atom. The van der Waals surface area contributed by atoms with Gasteiger partial charge in [0.25, 0.3) is 0 Å². The van der Waals surface area contributed by atoms with Crippen molar-refractivity contribution in [2.75, 3.05) is 24.5 Å². The molecule has 4 aromatic rings. The zero-order chi connectivity index (χ0) is 35.7. The van der Waals surface area contributed by atoms with E-state index in [1.54, 1.807) is 30.3 Å². The van der Waals surface area contributed by atoms with E-state index in [0.29, 0.717) is 23.0 Å². The molecule has 1 aromatic heterocycles. The molecule has 13 heteroatoms.